The summed E-state index contributed by atoms with van der Waals surface area (Å²) in [4.78, 5) is 0. The van der Waals surface area contributed by atoms with Crippen molar-refractivity contribution in [1.29, 1.82) is 0 Å². The maximum absolute atomic E-state index is 12.7. The number of hydrogen-bond donors (Lipinski definition) is 0. The van der Waals surface area contributed by atoms with Crippen LogP contribution >= 0.6 is 0 Å². The molecule has 3 rings (SSSR count). The molecule has 1 atom stereocenters. The van der Waals surface area contributed by atoms with Crippen molar-refractivity contribution in [3.8, 4) is 5.75 Å². The largest absolute Gasteiger partial charge is 0.573 e. The maximum Gasteiger partial charge on any atom is 0.573 e. The molecule has 25 heavy (non-hydrogen) atoms. The van der Waals surface area contributed by atoms with Gasteiger partial charge in [0.2, 0.25) is 10.0 Å². The summed E-state index contributed by atoms with van der Waals surface area (Å²) >= 11 is 0. The van der Waals surface area contributed by atoms with E-state index in [2.05, 4.69) is 4.74 Å². The molecule has 0 aromatic heterocycles. The second kappa shape index (κ2) is 6.68. The van der Waals surface area contributed by atoms with Gasteiger partial charge in [-0.15, -0.1) is 13.2 Å². The van der Waals surface area contributed by atoms with Crippen LogP contribution in [0.15, 0.2) is 54.6 Å². The van der Waals surface area contributed by atoms with Gasteiger partial charge < -0.3 is 4.74 Å². The molecule has 0 bridgehead atoms. The van der Waals surface area contributed by atoms with Gasteiger partial charge in [-0.3, -0.25) is 0 Å². The van der Waals surface area contributed by atoms with Gasteiger partial charge in [-0.25, -0.2) is 8.42 Å². The first kappa shape index (κ1) is 17.8. The first-order valence-electron chi connectivity index (χ1n) is 7.64. The zero-order valence-corrected chi connectivity index (χ0v) is 13.9. The van der Waals surface area contributed by atoms with Crippen LogP contribution in [0.1, 0.15) is 22.8 Å². The van der Waals surface area contributed by atoms with Gasteiger partial charge in [0, 0.05) is 13.1 Å². The highest BCUT2D eigenvalue weighted by Gasteiger charge is 2.39. The van der Waals surface area contributed by atoms with Crippen LogP contribution in [0.3, 0.4) is 0 Å². The minimum absolute atomic E-state index is 0.123. The predicted molar refractivity (Wildman–Crippen MR) is 86.3 cm³/mol. The van der Waals surface area contributed by atoms with E-state index in [0.29, 0.717) is 18.5 Å². The lowest BCUT2D eigenvalue weighted by Gasteiger charge is -2.17. The van der Waals surface area contributed by atoms with Gasteiger partial charge in [-0.05, 0) is 29.7 Å². The summed E-state index contributed by atoms with van der Waals surface area (Å²) in [7, 11) is -3.50. The Hall–Kier alpha value is -2.06. The molecule has 8 heteroatoms. The Morgan fingerprint density at radius 2 is 1.68 bits per heavy atom. The smallest absolute Gasteiger partial charge is 0.406 e. The summed E-state index contributed by atoms with van der Waals surface area (Å²) in [5.74, 6) is -0.331. The van der Waals surface area contributed by atoms with Gasteiger partial charge in [0.1, 0.15) is 11.0 Å². The lowest BCUT2D eigenvalue weighted by molar-refractivity contribution is -0.274. The Balaban J connectivity index is 1.71. The van der Waals surface area contributed by atoms with Crippen molar-refractivity contribution in [2.24, 2.45) is 0 Å². The Morgan fingerprint density at radius 3 is 2.28 bits per heavy atom. The SMILES string of the molecule is O=S1(=O)C(c2ccccc2)CCN1Cc1ccc(OC(F)(F)F)cc1. The van der Waals surface area contributed by atoms with Crippen molar-refractivity contribution in [1.82, 2.24) is 4.31 Å². The molecule has 2 aromatic carbocycles. The minimum atomic E-state index is -4.75. The molecule has 1 aliphatic rings. The molecule has 0 radical (unpaired) electrons. The molecule has 1 fully saturated rings. The van der Waals surface area contributed by atoms with Gasteiger partial charge in [0.15, 0.2) is 0 Å². The summed E-state index contributed by atoms with van der Waals surface area (Å²) < 4.78 is 67.1. The third kappa shape index (κ3) is 4.13. The number of ether oxygens (including phenoxy) is 1. The molecule has 1 saturated heterocycles. The number of hydrogen-bond acceptors (Lipinski definition) is 3. The van der Waals surface area contributed by atoms with Crippen LogP contribution in [0.4, 0.5) is 13.2 Å². The normalized spacial score (nSPS) is 20.5. The van der Waals surface area contributed by atoms with E-state index >= 15 is 0 Å². The summed E-state index contributed by atoms with van der Waals surface area (Å²) in [5.41, 5.74) is 1.35. The van der Waals surface area contributed by atoms with Crippen LogP contribution in [-0.2, 0) is 16.6 Å². The molecular formula is C17H16F3NO3S. The van der Waals surface area contributed by atoms with Gasteiger partial charge in [0.25, 0.3) is 0 Å². The van der Waals surface area contributed by atoms with Crippen LogP contribution in [0.2, 0.25) is 0 Å². The topological polar surface area (TPSA) is 46.6 Å². The standard InChI is InChI=1S/C17H16F3NO3S/c18-17(19,20)24-15-8-6-13(7-9-15)12-21-11-10-16(25(21,22)23)14-4-2-1-3-5-14/h1-9,16H,10-12H2. The molecule has 0 amide bonds. The highest BCUT2D eigenvalue weighted by Crippen LogP contribution is 2.36. The molecule has 1 heterocycles. The number of rotatable bonds is 4. The highest BCUT2D eigenvalue weighted by atomic mass is 32.2. The van der Waals surface area contributed by atoms with Crippen molar-refractivity contribution in [2.45, 2.75) is 24.6 Å². The van der Waals surface area contributed by atoms with Gasteiger partial charge >= 0.3 is 6.36 Å². The van der Waals surface area contributed by atoms with E-state index < -0.39 is 21.6 Å². The molecule has 134 valence electrons. The van der Waals surface area contributed by atoms with Crippen LogP contribution < -0.4 is 4.74 Å². The molecule has 1 unspecified atom stereocenters. The fourth-order valence-electron chi connectivity index (χ4n) is 2.89. The summed E-state index contributed by atoms with van der Waals surface area (Å²) in [5, 5.41) is -0.582. The van der Waals surface area contributed by atoms with E-state index in [1.54, 1.807) is 24.3 Å². The fourth-order valence-corrected chi connectivity index (χ4v) is 4.85. The van der Waals surface area contributed by atoms with E-state index in [1.807, 2.05) is 6.07 Å². The quantitative estimate of drug-likeness (QED) is 0.820. The van der Waals surface area contributed by atoms with Gasteiger partial charge in [0.05, 0.1) is 0 Å². The molecule has 1 aliphatic heterocycles. The van der Waals surface area contributed by atoms with Crippen molar-refractivity contribution in [2.75, 3.05) is 6.54 Å². The predicted octanol–water partition coefficient (Wildman–Crippen LogP) is 3.86. The van der Waals surface area contributed by atoms with Gasteiger partial charge in [-0.2, -0.15) is 4.31 Å². The average molecular weight is 371 g/mol. The lowest BCUT2D eigenvalue weighted by Crippen LogP contribution is -2.26. The van der Waals surface area contributed by atoms with Crippen molar-refractivity contribution in [3.63, 3.8) is 0 Å². The molecule has 0 saturated carbocycles. The van der Waals surface area contributed by atoms with Crippen LogP contribution in [0, 0.1) is 0 Å². The summed E-state index contributed by atoms with van der Waals surface area (Å²) in [6.07, 6.45) is -4.26. The minimum Gasteiger partial charge on any atom is -0.406 e. The Labute approximate surface area is 143 Å². The van der Waals surface area contributed by atoms with Gasteiger partial charge in [-0.1, -0.05) is 42.5 Å². The third-order valence-electron chi connectivity index (χ3n) is 4.05. The van der Waals surface area contributed by atoms with Crippen molar-refractivity contribution >= 4 is 10.0 Å². The van der Waals surface area contributed by atoms with Crippen LogP contribution in [-0.4, -0.2) is 25.6 Å². The molecule has 2 aromatic rings. The monoisotopic (exact) mass is 371 g/mol. The Bertz CT molecular complexity index is 820. The third-order valence-corrected chi connectivity index (χ3v) is 6.31. The van der Waals surface area contributed by atoms with E-state index in [1.165, 1.54) is 28.6 Å². The highest BCUT2D eigenvalue weighted by molar-refractivity contribution is 7.89. The Kier molecular flexibility index (Phi) is 4.75. The second-order valence-corrected chi connectivity index (χ2v) is 7.87. The maximum atomic E-state index is 12.7. The fraction of sp³-hybridized carbons (Fsp3) is 0.294. The molecular weight excluding hydrogens is 355 g/mol. The van der Waals surface area contributed by atoms with E-state index in [-0.39, 0.29) is 12.3 Å². The second-order valence-electron chi connectivity index (χ2n) is 5.76. The summed E-state index contributed by atoms with van der Waals surface area (Å²) in [6, 6.07) is 14.2. The molecule has 0 N–H and O–H groups in total. The number of sulfonamides is 1. The van der Waals surface area contributed by atoms with Crippen molar-refractivity contribution < 1.29 is 26.3 Å². The van der Waals surface area contributed by atoms with Crippen LogP contribution in [0.5, 0.6) is 5.75 Å². The zero-order chi connectivity index (χ0) is 18.1. The molecule has 0 spiro atoms. The van der Waals surface area contributed by atoms with E-state index in [4.69, 9.17) is 0 Å². The first-order valence-corrected chi connectivity index (χ1v) is 9.15. The number of benzene rings is 2. The number of nitrogens with zero attached hydrogens (tertiary/aromatic N) is 1. The molecule has 0 aliphatic carbocycles. The lowest BCUT2D eigenvalue weighted by atomic mass is 10.1. The average Bonchev–Trinajstić information content (AvgIpc) is 2.83. The van der Waals surface area contributed by atoms with E-state index in [9.17, 15) is 21.6 Å². The molecule has 4 nitrogen and oxygen atoms in total. The first-order chi connectivity index (χ1) is 11.8. The summed E-state index contributed by atoms with van der Waals surface area (Å²) in [6.45, 7) is 0.501. The van der Waals surface area contributed by atoms with Crippen LogP contribution in [0.25, 0.3) is 0 Å². The van der Waals surface area contributed by atoms with Crippen molar-refractivity contribution in [3.05, 3.63) is 65.7 Å². The van der Waals surface area contributed by atoms with E-state index in [0.717, 1.165) is 5.56 Å². The number of alkyl halides is 3. The Morgan fingerprint density at radius 1 is 1.04 bits per heavy atom. The zero-order valence-electron chi connectivity index (χ0n) is 13.1. The number of halogens is 3.